The lowest BCUT2D eigenvalue weighted by Gasteiger charge is -2.29. The molecule has 1 heterocycles. The summed E-state index contributed by atoms with van der Waals surface area (Å²) in [5.74, 6) is -0.583. The van der Waals surface area contributed by atoms with Gasteiger partial charge in [0.05, 0.1) is 27.8 Å². The van der Waals surface area contributed by atoms with Crippen molar-refractivity contribution in [2.75, 3.05) is 11.9 Å². The van der Waals surface area contributed by atoms with Gasteiger partial charge >= 0.3 is 0 Å². The molecule has 0 spiro atoms. The van der Waals surface area contributed by atoms with E-state index in [1.165, 1.54) is 0 Å². The third-order valence-electron chi connectivity index (χ3n) is 4.64. The number of para-hydroxylation sites is 2. The molecule has 0 radical (unpaired) electrons. The molecule has 0 saturated heterocycles. The first-order valence-electron chi connectivity index (χ1n) is 8.17. The fraction of sp³-hybridized carbons (Fsp3) is 0.0952. The number of hydrogen-bond donors (Lipinski definition) is 0. The zero-order valence-electron chi connectivity index (χ0n) is 14.3. The van der Waals surface area contributed by atoms with Crippen LogP contribution in [0.5, 0.6) is 0 Å². The van der Waals surface area contributed by atoms with Crippen molar-refractivity contribution < 1.29 is 9.59 Å². The maximum absolute atomic E-state index is 12.9. The minimum atomic E-state index is -0.331. The van der Waals surface area contributed by atoms with Crippen LogP contribution in [0.2, 0.25) is 0 Å². The van der Waals surface area contributed by atoms with Crippen LogP contribution in [0.15, 0.2) is 75.9 Å². The quantitative estimate of drug-likeness (QED) is 0.739. The highest BCUT2D eigenvalue weighted by Gasteiger charge is 2.31. The minimum Gasteiger partial charge on any atom is -0.341 e. The molecule has 26 heavy (non-hydrogen) atoms. The van der Waals surface area contributed by atoms with Gasteiger partial charge in [-0.3, -0.25) is 9.59 Å². The SMILES string of the molecule is CC1=Nc2ccccc2N(C)C1=CC1=C(Cl)C(=O)c2ccccc2C1=O. The highest BCUT2D eigenvalue weighted by Crippen LogP contribution is 2.36. The molecule has 0 N–H and O–H groups in total. The number of hydrogen-bond acceptors (Lipinski definition) is 4. The Balaban J connectivity index is 1.86. The Morgan fingerprint density at radius 3 is 2.31 bits per heavy atom. The first-order valence-corrected chi connectivity index (χ1v) is 8.55. The summed E-state index contributed by atoms with van der Waals surface area (Å²) in [4.78, 5) is 32.0. The van der Waals surface area contributed by atoms with E-state index < -0.39 is 0 Å². The molecule has 128 valence electrons. The summed E-state index contributed by atoms with van der Waals surface area (Å²) in [5, 5.41) is -0.0544. The third kappa shape index (κ3) is 2.42. The topological polar surface area (TPSA) is 49.7 Å². The van der Waals surface area contributed by atoms with Crippen LogP contribution in [-0.4, -0.2) is 24.3 Å². The summed E-state index contributed by atoms with van der Waals surface area (Å²) in [7, 11) is 1.90. The lowest BCUT2D eigenvalue weighted by Crippen LogP contribution is -2.26. The molecule has 0 atom stereocenters. The number of rotatable bonds is 1. The molecule has 4 rings (SSSR count). The highest BCUT2D eigenvalue weighted by atomic mass is 35.5. The van der Waals surface area contributed by atoms with Crippen LogP contribution in [0.4, 0.5) is 11.4 Å². The van der Waals surface area contributed by atoms with Gasteiger partial charge in [-0.2, -0.15) is 0 Å². The first kappa shape index (κ1) is 16.5. The number of allylic oxidation sites excluding steroid dienone is 4. The van der Waals surface area contributed by atoms with Crippen LogP contribution in [0.1, 0.15) is 27.6 Å². The molecule has 0 saturated carbocycles. The fourth-order valence-electron chi connectivity index (χ4n) is 3.28. The number of benzene rings is 2. The molecule has 5 heteroatoms. The van der Waals surface area contributed by atoms with Crippen LogP contribution in [-0.2, 0) is 0 Å². The van der Waals surface area contributed by atoms with Gasteiger partial charge < -0.3 is 4.90 Å². The summed E-state index contributed by atoms with van der Waals surface area (Å²) in [6.45, 7) is 1.87. The molecule has 2 aromatic rings. The number of nitrogens with zero attached hydrogens (tertiary/aromatic N) is 2. The molecule has 0 fully saturated rings. The van der Waals surface area contributed by atoms with Gasteiger partial charge in [0.1, 0.15) is 0 Å². The van der Waals surface area contributed by atoms with Gasteiger partial charge in [-0.05, 0) is 25.1 Å². The second-order valence-electron chi connectivity index (χ2n) is 6.21. The van der Waals surface area contributed by atoms with Crippen molar-refractivity contribution in [2.24, 2.45) is 4.99 Å². The number of aliphatic imine (C=N–C) groups is 1. The monoisotopic (exact) mass is 362 g/mol. The zero-order chi connectivity index (χ0) is 18.4. The van der Waals surface area contributed by atoms with E-state index in [1.807, 2.05) is 43.1 Å². The minimum absolute atomic E-state index is 0.0544. The molecule has 1 aliphatic heterocycles. The summed E-state index contributed by atoms with van der Waals surface area (Å²) in [6.07, 6.45) is 1.66. The zero-order valence-corrected chi connectivity index (χ0v) is 15.0. The Morgan fingerprint density at radius 2 is 1.58 bits per heavy atom. The molecular formula is C21H15ClN2O2. The van der Waals surface area contributed by atoms with Crippen LogP contribution in [0, 0.1) is 0 Å². The Bertz CT molecular complexity index is 1060. The number of carbonyl (C=O) groups is 2. The van der Waals surface area contributed by atoms with Crippen LogP contribution < -0.4 is 4.90 Å². The second kappa shape index (κ2) is 6.07. The average molecular weight is 363 g/mol. The molecule has 2 aliphatic rings. The van der Waals surface area contributed by atoms with Gasteiger partial charge in [-0.15, -0.1) is 0 Å². The predicted octanol–water partition coefficient (Wildman–Crippen LogP) is 4.68. The first-order chi connectivity index (χ1) is 12.5. The molecular weight excluding hydrogens is 348 g/mol. The average Bonchev–Trinajstić information content (AvgIpc) is 2.65. The molecule has 0 unspecified atom stereocenters. The predicted molar refractivity (Wildman–Crippen MR) is 104 cm³/mol. The van der Waals surface area contributed by atoms with E-state index in [4.69, 9.17) is 11.6 Å². The standard InChI is InChI=1S/C21H15ClN2O2/c1-12-18(24(2)17-10-6-5-9-16(17)23-12)11-15-19(22)21(26)14-8-4-3-7-13(14)20(15)25/h3-11H,1-2H3. The lowest BCUT2D eigenvalue weighted by molar-refractivity contribution is 0.0983. The van der Waals surface area contributed by atoms with Crippen LogP contribution >= 0.6 is 11.6 Å². The molecule has 0 amide bonds. The van der Waals surface area contributed by atoms with Crippen molar-refractivity contribution in [3.05, 3.63) is 82.0 Å². The Labute approximate surface area is 156 Å². The van der Waals surface area contributed by atoms with E-state index in [0.29, 0.717) is 11.1 Å². The molecule has 1 aliphatic carbocycles. The van der Waals surface area contributed by atoms with Crippen LogP contribution in [0.3, 0.4) is 0 Å². The maximum Gasteiger partial charge on any atom is 0.205 e. The van der Waals surface area contributed by atoms with Crippen molar-refractivity contribution in [2.45, 2.75) is 6.92 Å². The lowest BCUT2D eigenvalue weighted by atomic mass is 9.88. The number of anilines is 1. The molecule has 2 aromatic carbocycles. The second-order valence-corrected chi connectivity index (χ2v) is 6.58. The van der Waals surface area contributed by atoms with Gasteiger partial charge in [-0.1, -0.05) is 48.0 Å². The van der Waals surface area contributed by atoms with E-state index >= 15 is 0 Å². The third-order valence-corrected chi connectivity index (χ3v) is 5.02. The summed E-state index contributed by atoms with van der Waals surface area (Å²) in [6, 6.07) is 14.5. The number of carbonyl (C=O) groups excluding carboxylic acids is 2. The maximum atomic E-state index is 12.9. The highest BCUT2D eigenvalue weighted by molar-refractivity contribution is 6.50. The van der Waals surface area contributed by atoms with E-state index in [1.54, 1.807) is 30.3 Å². The van der Waals surface area contributed by atoms with E-state index in [9.17, 15) is 9.59 Å². The van der Waals surface area contributed by atoms with Gasteiger partial charge in [0.15, 0.2) is 5.78 Å². The number of fused-ring (bicyclic) bond motifs is 2. The normalized spacial score (nSPS) is 18.0. The summed E-state index contributed by atoms with van der Waals surface area (Å²) < 4.78 is 0. The largest absolute Gasteiger partial charge is 0.341 e. The number of Topliss-reactive ketones (excluding diaryl/α,β-unsaturated/α-hetero) is 2. The Morgan fingerprint density at radius 1 is 0.962 bits per heavy atom. The van der Waals surface area contributed by atoms with E-state index in [2.05, 4.69) is 4.99 Å². The number of halogens is 1. The van der Waals surface area contributed by atoms with Crippen molar-refractivity contribution in [3.8, 4) is 0 Å². The van der Waals surface area contributed by atoms with Gasteiger partial charge in [-0.25, -0.2) is 4.99 Å². The van der Waals surface area contributed by atoms with Gasteiger partial charge in [0.2, 0.25) is 5.78 Å². The van der Waals surface area contributed by atoms with Crippen molar-refractivity contribution in [1.29, 1.82) is 0 Å². The molecule has 0 aromatic heterocycles. The van der Waals surface area contributed by atoms with Crippen LogP contribution in [0.25, 0.3) is 0 Å². The van der Waals surface area contributed by atoms with Gasteiger partial charge in [0.25, 0.3) is 0 Å². The number of ketones is 2. The summed E-state index contributed by atoms with van der Waals surface area (Å²) >= 11 is 6.28. The van der Waals surface area contributed by atoms with Crippen molar-refractivity contribution in [3.63, 3.8) is 0 Å². The smallest absolute Gasteiger partial charge is 0.205 e. The molecule has 0 bridgehead atoms. The van der Waals surface area contributed by atoms with Gasteiger partial charge in [0, 0.05) is 23.7 Å². The Hall–Kier alpha value is -2.98. The van der Waals surface area contributed by atoms with E-state index in [-0.39, 0.29) is 22.2 Å². The fourth-order valence-corrected chi connectivity index (χ4v) is 3.53. The van der Waals surface area contributed by atoms with Crippen molar-refractivity contribution >= 4 is 40.3 Å². The van der Waals surface area contributed by atoms with Crippen molar-refractivity contribution in [1.82, 2.24) is 0 Å². The molecule has 4 nitrogen and oxygen atoms in total. The van der Waals surface area contributed by atoms with E-state index in [0.717, 1.165) is 22.8 Å². The summed E-state index contributed by atoms with van der Waals surface area (Å²) in [5.41, 5.74) is 4.20. The Kier molecular flexibility index (Phi) is 3.85.